The van der Waals surface area contributed by atoms with Crippen LogP contribution in [0.5, 0.6) is 0 Å². The zero-order valence-electron chi connectivity index (χ0n) is 16.9. The quantitative estimate of drug-likeness (QED) is 0.258. The predicted molar refractivity (Wildman–Crippen MR) is 114 cm³/mol. The molecule has 2 aromatic carbocycles. The average Bonchev–Trinajstić information content (AvgIpc) is 2.66. The molecule has 0 fully saturated rings. The molecule has 0 radical (unpaired) electrons. The Labute approximate surface area is 178 Å². The SMILES string of the molecule is CC(C)(C)C(O)=N[C](=[Pt])C(C)(C)c1[c-]c(-c2ccc3ccccc3n2)ccc1. The summed E-state index contributed by atoms with van der Waals surface area (Å²) in [5.74, 6) is 0.137. The second-order valence-corrected chi connectivity index (χ2v) is 9.52. The summed E-state index contributed by atoms with van der Waals surface area (Å²) >= 11 is 2.20. The molecule has 3 aromatic rings. The Hall–Kier alpha value is -2.12. The van der Waals surface area contributed by atoms with Crippen LogP contribution in [0.3, 0.4) is 0 Å². The maximum atomic E-state index is 10.3. The number of fused-ring (bicyclic) bond motifs is 1. The molecule has 0 spiro atoms. The zero-order chi connectivity index (χ0) is 20.5. The van der Waals surface area contributed by atoms with E-state index in [1.807, 2.05) is 63.2 Å². The molecule has 0 saturated heterocycles. The fourth-order valence-corrected chi connectivity index (χ4v) is 3.24. The second-order valence-electron chi connectivity index (χ2n) is 8.44. The number of aliphatic hydroxyl groups is 1. The molecular formula is C24H25N2OPt-. The van der Waals surface area contributed by atoms with Crippen molar-refractivity contribution in [2.75, 3.05) is 0 Å². The maximum absolute atomic E-state index is 10.3. The van der Waals surface area contributed by atoms with E-state index in [0.717, 1.165) is 31.7 Å². The Morgan fingerprint density at radius 2 is 1.68 bits per heavy atom. The molecule has 3 nitrogen and oxygen atoms in total. The molecule has 4 heteroatoms. The summed E-state index contributed by atoms with van der Waals surface area (Å²) in [6, 6.07) is 21.8. The van der Waals surface area contributed by atoms with E-state index in [1.165, 1.54) is 0 Å². The number of aromatic nitrogens is 1. The minimum absolute atomic E-state index is 0.137. The topological polar surface area (TPSA) is 45.5 Å². The molecule has 0 saturated carbocycles. The van der Waals surface area contributed by atoms with Gasteiger partial charge in [-0.15, -0.1) is 0 Å². The number of aliphatic imine (C=N–C) groups is 1. The number of aliphatic hydroxyl groups excluding tert-OH is 1. The van der Waals surface area contributed by atoms with Crippen molar-refractivity contribution in [3.63, 3.8) is 0 Å². The number of benzene rings is 2. The number of pyridine rings is 1. The van der Waals surface area contributed by atoms with E-state index in [1.54, 1.807) is 0 Å². The average molecular weight is 553 g/mol. The molecule has 3 rings (SSSR count). The third kappa shape index (κ3) is 4.31. The summed E-state index contributed by atoms with van der Waals surface area (Å²) in [5.41, 5.74) is 3.06. The molecule has 1 aromatic heterocycles. The summed E-state index contributed by atoms with van der Waals surface area (Å²) in [7, 11) is 0. The zero-order valence-corrected chi connectivity index (χ0v) is 19.1. The van der Waals surface area contributed by atoms with Crippen molar-refractivity contribution in [2.24, 2.45) is 10.4 Å². The monoisotopic (exact) mass is 552 g/mol. The third-order valence-corrected chi connectivity index (χ3v) is 6.36. The number of para-hydroxylation sites is 1. The minimum atomic E-state index is -0.382. The van der Waals surface area contributed by atoms with Crippen LogP contribution in [0.2, 0.25) is 0 Å². The van der Waals surface area contributed by atoms with E-state index in [2.05, 4.69) is 56.4 Å². The first-order chi connectivity index (χ1) is 13.1. The van der Waals surface area contributed by atoms with Gasteiger partial charge in [-0.2, -0.15) is 0 Å². The van der Waals surface area contributed by atoms with Gasteiger partial charge in [0.05, 0.1) is 0 Å². The second kappa shape index (κ2) is 7.72. The first-order valence-corrected chi connectivity index (χ1v) is 10.4. The van der Waals surface area contributed by atoms with Crippen LogP contribution in [0.1, 0.15) is 40.2 Å². The molecule has 0 aliphatic carbocycles. The molecule has 0 aliphatic rings. The molecule has 0 bridgehead atoms. The van der Waals surface area contributed by atoms with Gasteiger partial charge in [-0.05, 0) is 0 Å². The van der Waals surface area contributed by atoms with Crippen molar-refractivity contribution < 1.29 is 24.5 Å². The Morgan fingerprint density at radius 3 is 2.39 bits per heavy atom. The first kappa shape index (κ1) is 20.6. The van der Waals surface area contributed by atoms with Gasteiger partial charge < -0.3 is 0 Å². The van der Waals surface area contributed by atoms with E-state index in [4.69, 9.17) is 4.98 Å². The molecule has 1 N–H and O–H groups in total. The normalized spacial score (nSPS) is 13.0. The van der Waals surface area contributed by atoms with Gasteiger partial charge in [0.15, 0.2) is 0 Å². The Morgan fingerprint density at radius 1 is 0.964 bits per heavy atom. The van der Waals surface area contributed by atoms with Crippen molar-refractivity contribution in [2.45, 2.75) is 40.0 Å². The van der Waals surface area contributed by atoms with Gasteiger partial charge in [0, 0.05) is 0 Å². The van der Waals surface area contributed by atoms with Crippen molar-refractivity contribution in [1.82, 2.24) is 4.98 Å². The first-order valence-electron chi connectivity index (χ1n) is 9.26. The van der Waals surface area contributed by atoms with E-state index >= 15 is 0 Å². The predicted octanol–water partition coefficient (Wildman–Crippen LogP) is 5.66. The fraction of sp³-hybridized carbons (Fsp3) is 0.292. The molecule has 1 heterocycles. The molecular weight excluding hydrogens is 527 g/mol. The molecule has 28 heavy (non-hydrogen) atoms. The van der Waals surface area contributed by atoms with Crippen molar-refractivity contribution >= 4 is 20.8 Å². The number of rotatable bonds is 4. The van der Waals surface area contributed by atoms with E-state index < -0.39 is 0 Å². The molecule has 0 atom stereocenters. The van der Waals surface area contributed by atoms with Gasteiger partial charge >= 0.3 is 178 Å². The Bertz CT molecular complexity index is 1060. The molecule has 0 aliphatic heterocycles. The van der Waals surface area contributed by atoms with Crippen LogP contribution < -0.4 is 0 Å². The van der Waals surface area contributed by atoms with Crippen LogP contribution in [0, 0.1) is 11.5 Å². The van der Waals surface area contributed by atoms with Crippen LogP contribution in [-0.4, -0.2) is 20.0 Å². The van der Waals surface area contributed by atoms with Crippen molar-refractivity contribution in [3.8, 4) is 11.3 Å². The molecule has 148 valence electrons. The molecule has 0 unspecified atom stereocenters. The van der Waals surface area contributed by atoms with E-state index in [-0.39, 0.29) is 16.7 Å². The summed E-state index contributed by atoms with van der Waals surface area (Å²) in [6.07, 6.45) is 0. The molecule has 0 amide bonds. The van der Waals surface area contributed by atoms with Gasteiger partial charge in [-0.3, -0.25) is 0 Å². The summed E-state index contributed by atoms with van der Waals surface area (Å²) in [6.45, 7) is 10.0. The third-order valence-electron chi connectivity index (χ3n) is 4.69. The van der Waals surface area contributed by atoms with Crippen LogP contribution in [0.25, 0.3) is 22.2 Å². The van der Waals surface area contributed by atoms with Crippen molar-refractivity contribution in [1.29, 1.82) is 0 Å². The van der Waals surface area contributed by atoms with Gasteiger partial charge in [-0.1, -0.05) is 0 Å². The fourth-order valence-electron chi connectivity index (χ4n) is 2.70. The summed E-state index contributed by atoms with van der Waals surface area (Å²) < 4.78 is 0.819. The van der Waals surface area contributed by atoms with Crippen molar-refractivity contribution in [3.05, 3.63) is 66.2 Å². The van der Waals surface area contributed by atoms with Gasteiger partial charge in [0.1, 0.15) is 0 Å². The Balaban J connectivity index is 1.98. The number of hydrogen-bond acceptors (Lipinski definition) is 2. The van der Waals surface area contributed by atoms with Crippen LogP contribution >= 0.6 is 0 Å². The van der Waals surface area contributed by atoms with Gasteiger partial charge in [0.2, 0.25) is 0 Å². The van der Waals surface area contributed by atoms with E-state index in [0.29, 0.717) is 0 Å². The van der Waals surface area contributed by atoms with Crippen LogP contribution in [0.15, 0.2) is 59.6 Å². The Kier molecular flexibility index (Phi) is 5.68. The van der Waals surface area contributed by atoms with Crippen LogP contribution in [0.4, 0.5) is 0 Å². The van der Waals surface area contributed by atoms with Crippen LogP contribution in [-0.2, 0) is 24.8 Å². The van der Waals surface area contributed by atoms with E-state index in [9.17, 15) is 5.11 Å². The standard InChI is InChI=1S/C24H25N2O.Pt/c1-23(2,3)22(27)25-16-24(4,5)19-11-8-10-18(15-19)21-14-13-17-9-6-7-12-20(17)26-21;/h6-14,27H,1-5H3;/q-1;. The summed E-state index contributed by atoms with van der Waals surface area (Å²) in [5, 5.41) is 11.4. The number of hydrogen-bond donors (Lipinski definition) is 1. The number of nitrogens with zero attached hydrogens (tertiary/aromatic N) is 2. The van der Waals surface area contributed by atoms with Gasteiger partial charge in [-0.25, -0.2) is 0 Å². The van der Waals surface area contributed by atoms with Gasteiger partial charge in [0.25, 0.3) is 0 Å². The summed E-state index contributed by atoms with van der Waals surface area (Å²) in [4.78, 5) is 9.27.